The van der Waals surface area contributed by atoms with Gasteiger partial charge in [-0.15, -0.1) is 24.8 Å². The molecule has 0 aromatic rings. The Morgan fingerprint density at radius 3 is 2.75 bits per heavy atom. The van der Waals surface area contributed by atoms with Crippen LogP contribution in [-0.4, -0.2) is 49.8 Å². The summed E-state index contributed by atoms with van der Waals surface area (Å²) in [6, 6.07) is 0. The fourth-order valence-electron chi connectivity index (χ4n) is 1.29. The monoisotopic (exact) mass is 216 g/mol. The van der Waals surface area contributed by atoms with Crippen LogP contribution in [0.15, 0.2) is 0 Å². The Morgan fingerprint density at radius 2 is 2.17 bits per heavy atom. The van der Waals surface area contributed by atoms with Crippen LogP contribution in [0.5, 0.6) is 0 Å². The van der Waals surface area contributed by atoms with Gasteiger partial charge in [0.15, 0.2) is 0 Å². The van der Waals surface area contributed by atoms with E-state index < -0.39 is 0 Å². The molecule has 1 rings (SSSR count). The predicted octanol–water partition coefficient (Wildman–Crippen LogP) is -0.0265. The highest BCUT2D eigenvalue weighted by atomic mass is 35.5. The van der Waals surface area contributed by atoms with Gasteiger partial charge in [0.05, 0.1) is 0 Å². The maximum atomic E-state index is 8.87. The van der Waals surface area contributed by atoms with Crippen molar-refractivity contribution in [2.75, 3.05) is 39.8 Å². The number of nitrogens with one attached hydrogen (secondary N) is 1. The van der Waals surface area contributed by atoms with Crippen LogP contribution in [0.3, 0.4) is 0 Å². The van der Waals surface area contributed by atoms with Crippen LogP contribution in [0.25, 0.3) is 0 Å². The van der Waals surface area contributed by atoms with E-state index in [0.717, 1.165) is 26.2 Å². The number of likely N-dealkylation sites (N-methyl/N-ethyl adjacent to an activating group) is 1. The van der Waals surface area contributed by atoms with E-state index in [1.54, 1.807) is 0 Å². The van der Waals surface area contributed by atoms with Crippen molar-refractivity contribution in [3.05, 3.63) is 0 Å². The second kappa shape index (κ2) is 8.08. The summed E-state index contributed by atoms with van der Waals surface area (Å²) in [6.45, 7) is 4.42. The first-order chi connectivity index (χ1) is 4.83. The van der Waals surface area contributed by atoms with Crippen LogP contribution in [0, 0.1) is 5.92 Å². The Bertz CT molecular complexity index is 105. The number of aliphatic hydroxyl groups excluding tert-OH is 1. The van der Waals surface area contributed by atoms with Crippen molar-refractivity contribution < 1.29 is 5.11 Å². The molecule has 1 unspecified atom stereocenters. The summed E-state index contributed by atoms with van der Waals surface area (Å²) in [4.78, 5) is 2.25. The molecule has 0 radical (unpaired) electrons. The minimum absolute atomic E-state index is 0. The maximum Gasteiger partial charge on any atom is 0.0483 e. The first-order valence-electron chi connectivity index (χ1n) is 3.83. The van der Waals surface area contributed by atoms with Crippen LogP contribution in [-0.2, 0) is 0 Å². The van der Waals surface area contributed by atoms with Gasteiger partial charge in [-0.2, -0.15) is 0 Å². The third kappa shape index (κ3) is 5.17. The van der Waals surface area contributed by atoms with Gasteiger partial charge in [-0.1, -0.05) is 0 Å². The molecule has 1 atom stereocenters. The standard InChI is InChI=1S/C7H16N2O.2ClH/c1-9-3-2-8-4-7(5-9)6-10;;/h7-8,10H,2-6H2,1H3;2*1H. The minimum atomic E-state index is 0. The lowest BCUT2D eigenvalue weighted by Crippen LogP contribution is -2.27. The molecule has 2 N–H and O–H groups in total. The van der Waals surface area contributed by atoms with Gasteiger partial charge < -0.3 is 15.3 Å². The summed E-state index contributed by atoms with van der Waals surface area (Å²) >= 11 is 0. The van der Waals surface area contributed by atoms with Crippen molar-refractivity contribution in [2.24, 2.45) is 5.92 Å². The second-order valence-corrected chi connectivity index (χ2v) is 3.01. The SMILES string of the molecule is CN1CCNCC(CO)C1.Cl.Cl. The van der Waals surface area contributed by atoms with Gasteiger partial charge >= 0.3 is 0 Å². The number of rotatable bonds is 1. The molecule has 12 heavy (non-hydrogen) atoms. The third-order valence-electron chi connectivity index (χ3n) is 1.93. The van der Waals surface area contributed by atoms with Crippen LogP contribution in [0.2, 0.25) is 0 Å². The molecule has 0 spiro atoms. The van der Waals surface area contributed by atoms with Gasteiger partial charge in [-0.05, 0) is 7.05 Å². The van der Waals surface area contributed by atoms with Gasteiger partial charge in [-0.3, -0.25) is 0 Å². The Morgan fingerprint density at radius 1 is 1.50 bits per heavy atom. The Labute approximate surface area is 86.3 Å². The highest BCUT2D eigenvalue weighted by Gasteiger charge is 2.13. The van der Waals surface area contributed by atoms with Crippen LogP contribution >= 0.6 is 24.8 Å². The van der Waals surface area contributed by atoms with E-state index in [1.165, 1.54) is 0 Å². The smallest absolute Gasteiger partial charge is 0.0483 e. The highest BCUT2D eigenvalue weighted by molar-refractivity contribution is 5.85. The normalized spacial score (nSPS) is 25.0. The summed E-state index contributed by atoms with van der Waals surface area (Å²) in [5.41, 5.74) is 0. The lowest BCUT2D eigenvalue weighted by atomic mass is 10.1. The fourth-order valence-corrected chi connectivity index (χ4v) is 1.29. The number of nitrogens with zero attached hydrogens (tertiary/aromatic N) is 1. The molecule has 0 aromatic heterocycles. The number of halogens is 2. The topological polar surface area (TPSA) is 35.5 Å². The lowest BCUT2D eigenvalue weighted by molar-refractivity contribution is 0.195. The van der Waals surface area contributed by atoms with Crippen molar-refractivity contribution in [1.82, 2.24) is 10.2 Å². The molecule has 0 bridgehead atoms. The predicted molar refractivity (Wildman–Crippen MR) is 55.4 cm³/mol. The van der Waals surface area contributed by atoms with Crippen molar-refractivity contribution in [2.45, 2.75) is 0 Å². The van der Waals surface area contributed by atoms with Crippen LogP contribution in [0.4, 0.5) is 0 Å². The molecule has 5 heteroatoms. The fraction of sp³-hybridized carbons (Fsp3) is 1.00. The molecule has 1 heterocycles. The molecule has 1 aliphatic heterocycles. The summed E-state index contributed by atoms with van der Waals surface area (Å²) in [6.07, 6.45) is 0. The Hall–Kier alpha value is 0.460. The molecular formula is C7H18Cl2N2O. The first kappa shape index (κ1) is 15.0. The maximum absolute atomic E-state index is 8.87. The minimum Gasteiger partial charge on any atom is -0.396 e. The molecule has 76 valence electrons. The van der Waals surface area contributed by atoms with Crippen molar-refractivity contribution in [1.29, 1.82) is 0 Å². The Balaban J connectivity index is 0. The van der Waals surface area contributed by atoms with Gasteiger partial charge in [0.2, 0.25) is 0 Å². The van der Waals surface area contributed by atoms with Crippen molar-refractivity contribution in [3.8, 4) is 0 Å². The zero-order valence-electron chi connectivity index (χ0n) is 7.32. The molecule has 0 aliphatic carbocycles. The molecule has 0 aromatic carbocycles. The van der Waals surface area contributed by atoms with E-state index in [-0.39, 0.29) is 24.8 Å². The van der Waals surface area contributed by atoms with E-state index in [4.69, 9.17) is 5.11 Å². The quantitative estimate of drug-likeness (QED) is 0.647. The largest absolute Gasteiger partial charge is 0.396 e. The van der Waals surface area contributed by atoms with Gasteiger partial charge in [-0.25, -0.2) is 0 Å². The molecular weight excluding hydrogens is 199 g/mol. The number of aliphatic hydroxyl groups is 1. The van der Waals surface area contributed by atoms with E-state index in [1.807, 2.05) is 0 Å². The molecule has 1 aliphatic rings. The first-order valence-corrected chi connectivity index (χ1v) is 3.83. The average molecular weight is 217 g/mol. The lowest BCUT2D eigenvalue weighted by Gasteiger charge is -2.16. The van der Waals surface area contributed by atoms with E-state index in [2.05, 4.69) is 17.3 Å². The van der Waals surface area contributed by atoms with Crippen LogP contribution in [0.1, 0.15) is 0 Å². The average Bonchev–Trinajstić information content (AvgIpc) is 2.13. The van der Waals surface area contributed by atoms with Crippen molar-refractivity contribution in [3.63, 3.8) is 0 Å². The second-order valence-electron chi connectivity index (χ2n) is 3.01. The molecule has 0 saturated carbocycles. The zero-order chi connectivity index (χ0) is 7.40. The van der Waals surface area contributed by atoms with E-state index in [0.29, 0.717) is 12.5 Å². The molecule has 1 saturated heterocycles. The highest BCUT2D eigenvalue weighted by Crippen LogP contribution is 1.99. The summed E-state index contributed by atoms with van der Waals surface area (Å²) < 4.78 is 0. The third-order valence-corrected chi connectivity index (χ3v) is 1.93. The zero-order valence-corrected chi connectivity index (χ0v) is 8.96. The van der Waals surface area contributed by atoms with Gasteiger partial charge in [0.1, 0.15) is 0 Å². The number of hydrogen-bond acceptors (Lipinski definition) is 3. The Kier molecular flexibility index (Phi) is 10.1. The summed E-state index contributed by atoms with van der Waals surface area (Å²) in [5, 5.41) is 12.1. The van der Waals surface area contributed by atoms with Crippen LogP contribution < -0.4 is 5.32 Å². The molecule has 1 fully saturated rings. The van der Waals surface area contributed by atoms with E-state index >= 15 is 0 Å². The van der Waals surface area contributed by atoms with Crippen molar-refractivity contribution >= 4 is 24.8 Å². The molecule has 0 amide bonds. The summed E-state index contributed by atoms with van der Waals surface area (Å²) in [5.74, 6) is 0.424. The summed E-state index contributed by atoms with van der Waals surface area (Å²) in [7, 11) is 2.09. The van der Waals surface area contributed by atoms with E-state index in [9.17, 15) is 0 Å². The molecule has 3 nitrogen and oxygen atoms in total. The van der Waals surface area contributed by atoms with Gasteiger partial charge in [0.25, 0.3) is 0 Å². The van der Waals surface area contributed by atoms with Gasteiger partial charge in [0, 0.05) is 38.7 Å². The number of hydrogen-bond donors (Lipinski definition) is 2.